The maximum absolute atomic E-state index is 11.3. The minimum Gasteiger partial charge on any atom is -0.464 e. The van der Waals surface area contributed by atoms with Gasteiger partial charge in [-0.1, -0.05) is 12.1 Å². The Morgan fingerprint density at radius 1 is 1.15 bits per heavy atom. The maximum Gasteiger partial charge on any atom is 0.248 e. The van der Waals surface area contributed by atoms with Gasteiger partial charge in [-0.2, -0.15) is 0 Å². The Balaban J connectivity index is 2.14. The van der Waals surface area contributed by atoms with Crippen LogP contribution in [-0.4, -0.2) is 12.2 Å². The van der Waals surface area contributed by atoms with Crippen molar-refractivity contribution in [1.82, 2.24) is 0 Å². The highest BCUT2D eigenvalue weighted by atomic mass is 32.2. The summed E-state index contributed by atoms with van der Waals surface area (Å²) in [5, 5.41) is 0.901. The lowest BCUT2D eigenvalue weighted by Crippen LogP contribution is -2.10. The molecule has 0 fully saturated rings. The third-order valence-corrected chi connectivity index (χ3v) is 4.00. The zero-order valence-corrected chi connectivity index (χ0v) is 11.7. The van der Waals surface area contributed by atoms with E-state index in [1.54, 1.807) is 36.2 Å². The zero-order valence-electron chi connectivity index (χ0n) is 10.9. The fourth-order valence-electron chi connectivity index (χ4n) is 2.18. The van der Waals surface area contributed by atoms with Gasteiger partial charge in [0.1, 0.15) is 5.58 Å². The molecular formula is C16H13NO2S. The molecule has 1 aromatic heterocycles. The molecule has 0 spiro atoms. The van der Waals surface area contributed by atoms with Gasteiger partial charge in [0.25, 0.3) is 0 Å². The number of hydrogen-bond donors (Lipinski definition) is 1. The van der Waals surface area contributed by atoms with Gasteiger partial charge in [0.05, 0.1) is 6.26 Å². The van der Waals surface area contributed by atoms with Crippen LogP contribution in [-0.2, 0) is 0 Å². The van der Waals surface area contributed by atoms with Crippen LogP contribution in [0.15, 0.2) is 58.0 Å². The van der Waals surface area contributed by atoms with Crippen molar-refractivity contribution >= 4 is 28.6 Å². The predicted molar refractivity (Wildman–Crippen MR) is 81.9 cm³/mol. The highest BCUT2D eigenvalue weighted by Gasteiger charge is 2.10. The van der Waals surface area contributed by atoms with Crippen LogP contribution in [0.1, 0.15) is 10.4 Å². The molecule has 2 N–H and O–H groups in total. The smallest absolute Gasteiger partial charge is 0.248 e. The number of rotatable bonds is 3. The van der Waals surface area contributed by atoms with Gasteiger partial charge in [0, 0.05) is 21.4 Å². The summed E-state index contributed by atoms with van der Waals surface area (Å²) in [5.41, 5.74) is 8.59. The number of hydrogen-bond acceptors (Lipinski definition) is 3. The van der Waals surface area contributed by atoms with Crippen LogP contribution >= 0.6 is 11.8 Å². The molecule has 0 aliphatic heterocycles. The zero-order chi connectivity index (χ0) is 14.1. The maximum atomic E-state index is 11.3. The number of furan rings is 1. The molecular weight excluding hydrogens is 270 g/mol. The van der Waals surface area contributed by atoms with Gasteiger partial charge in [-0.05, 0) is 42.2 Å². The second kappa shape index (κ2) is 5.06. The number of benzene rings is 2. The third-order valence-electron chi connectivity index (χ3n) is 3.26. The van der Waals surface area contributed by atoms with Crippen molar-refractivity contribution < 1.29 is 9.21 Å². The third kappa shape index (κ3) is 2.18. The topological polar surface area (TPSA) is 56.2 Å². The van der Waals surface area contributed by atoms with E-state index in [2.05, 4.69) is 12.1 Å². The number of fused-ring (bicyclic) bond motifs is 1. The molecule has 0 bridgehead atoms. The summed E-state index contributed by atoms with van der Waals surface area (Å²) in [6.45, 7) is 0. The summed E-state index contributed by atoms with van der Waals surface area (Å²) >= 11 is 1.70. The van der Waals surface area contributed by atoms with E-state index in [0.29, 0.717) is 5.56 Å². The van der Waals surface area contributed by atoms with Crippen LogP contribution in [0.25, 0.3) is 22.1 Å². The van der Waals surface area contributed by atoms with Crippen LogP contribution in [0.5, 0.6) is 0 Å². The Bertz CT molecular complexity index is 775. The summed E-state index contributed by atoms with van der Waals surface area (Å²) in [6, 6.07) is 13.5. The molecule has 0 atom stereocenters. The summed E-state index contributed by atoms with van der Waals surface area (Å²) in [7, 11) is 0. The molecule has 3 rings (SSSR count). The summed E-state index contributed by atoms with van der Waals surface area (Å²) in [4.78, 5) is 12.5. The lowest BCUT2D eigenvalue weighted by atomic mass is 10.0. The average molecular weight is 283 g/mol. The van der Waals surface area contributed by atoms with Crippen LogP contribution in [0.2, 0.25) is 0 Å². The number of primary amides is 1. The Labute approximate surface area is 120 Å². The first-order chi connectivity index (χ1) is 9.69. The summed E-state index contributed by atoms with van der Waals surface area (Å²) < 4.78 is 5.54. The van der Waals surface area contributed by atoms with E-state index in [0.717, 1.165) is 22.1 Å². The minimum absolute atomic E-state index is 0.434. The lowest BCUT2D eigenvalue weighted by molar-refractivity contribution is 0.100. The SMILES string of the molecule is CSc1ccc(-c2coc3ccc(C(N)=O)cc23)cc1. The van der Waals surface area contributed by atoms with Gasteiger partial charge >= 0.3 is 0 Å². The number of amides is 1. The molecule has 4 heteroatoms. The first-order valence-electron chi connectivity index (χ1n) is 6.14. The van der Waals surface area contributed by atoms with Crippen molar-refractivity contribution in [2.75, 3.05) is 6.26 Å². The Morgan fingerprint density at radius 3 is 2.55 bits per heavy atom. The van der Waals surface area contributed by atoms with E-state index in [1.807, 2.05) is 18.4 Å². The summed E-state index contributed by atoms with van der Waals surface area (Å²) in [6.07, 6.45) is 3.75. The predicted octanol–water partition coefficient (Wildman–Crippen LogP) is 3.92. The van der Waals surface area contributed by atoms with Crippen molar-refractivity contribution in [3.05, 3.63) is 54.3 Å². The van der Waals surface area contributed by atoms with Gasteiger partial charge in [-0.15, -0.1) is 11.8 Å². The Hall–Kier alpha value is -2.20. The van der Waals surface area contributed by atoms with E-state index >= 15 is 0 Å². The second-order valence-corrected chi connectivity index (χ2v) is 5.33. The first kappa shape index (κ1) is 12.8. The van der Waals surface area contributed by atoms with Gasteiger partial charge in [-0.25, -0.2) is 0 Å². The molecule has 0 aliphatic rings. The average Bonchev–Trinajstić information content (AvgIpc) is 2.90. The second-order valence-electron chi connectivity index (χ2n) is 4.45. The number of carbonyl (C=O) groups excluding carboxylic acids is 1. The van der Waals surface area contributed by atoms with E-state index in [9.17, 15) is 4.79 Å². The molecule has 0 unspecified atom stereocenters. The minimum atomic E-state index is -0.434. The highest BCUT2D eigenvalue weighted by molar-refractivity contribution is 7.98. The van der Waals surface area contributed by atoms with Crippen molar-refractivity contribution in [3.8, 4) is 11.1 Å². The van der Waals surface area contributed by atoms with Crippen LogP contribution in [0.4, 0.5) is 0 Å². The Morgan fingerprint density at radius 2 is 1.90 bits per heavy atom. The van der Waals surface area contributed by atoms with E-state index in [1.165, 1.54) is 4.90 Å². The fourth-order valence-corrected chi connectivity index (χ4v) is 2.58. The molecule has 0 saturated heterocycles. The normalized spacial score (nSPS) is 10.8. The van der Waals surface area contributed by atoms with Crippen LogP contribution < -0.4 is 5.73 Å². The Kier molecular flexibility index (Phi) is 3.24. The van der Waals surface area contributed by atoms with Crippen LogP contribution in [0, 0.1) is 0 Å². The quantitative estimate of drug-likeness (QED) is 0.741. The molecule has 0 saturated carbocycles. The monoisotopic (exact) mass is 283 g/mol. The fraction of sp³-hybridized carbons (Fsp3) is 0.0625. The number of thioether (sulfide) groups is 1. The van der Waals surface area contributed by atoms with Gasteiger partial charge < -0.3 is 10.2 Å². The molecule has 1 amide bonds. The highest BCUT2D eigenvalue weighted by Crippen LogP contribution is 2.32. The largest absolute Gasteiger partial charge is 0.464 e. The van der Waals surface area contributed by atoms with E-state index < -0.39 is 5.91 Å². The van der Waals surface area contributed by atoms with Gasteiger partial charge in [0.2, 0.25) is 5.91 Å². The van der Waals surface area contributed by atoms with Crippen molar-refractivity contribution in [3.63, 3.8) is 0 Å². The molecule has 3 aromatic rings. The molecule has 1 heterocycles. The lowest BCUT2D eigenvalue weighted by Gasteiger charge is -2.01. The molecule has 2 aromatic carbocycles. The molecule has 0 aliphatic carbocycles. The standard InChI is InChI=1S/C16H13NO2S/c1-20-12-5-2-10(3-6-12)14-9-19-15-7-4-11(16(17)18)8-13(14)15/h2-9H,1H3,(H2,17,18). The van der Waals surface area contributed by atoms with Crippen molar-refractivity contribution in [2.24, 2.45) is 5.73 Å². The molecule has 0 radical (unpaired) electrons. The van der Waals surface area contributed by atoms with Gasteiger partial charge in [0.15, 0.2) is 0 Å². The molecule has 20 heavy (non-hydrogen) atoms. The molecule has 3 nitrogen and oxygen atoms in total. The molecule has 100 valence electrons. The van der Waals surface area contributed by atoms with Crippen molar-refractivity contribution in [1.29, 1.82) is 0 Å². The van der Waals surface area contributed by atoms with Crippen molar-refractivity contribution in [2.45, 2.75) is 4.90 Å². The number of nitrogens with two attached hydrogens (primary N) is 1. The number of carbonyl (C=O) groups is 1. The first-order valence-corrected chi connectivity index (χ1v) is 7.37. The van der Waals surface area contributed by atoms with Crippen LogP contribution in [0.3, 0.4) is 0 Å². The van der Waals surface area contributed by atoms with E-state index in [-0.39, 0.29) is 0 Å². The van der Waals surface area contributed by atoms with Gasteiger partial charge in [-0.3, -0.25) is 4.79 Å². The summed E-state index contributed by atoms with van der Waals surface area (Å²) in [5.74, 6) is -0.434. The van der Waals surface area contributed by atoms with E-state index in [4.69, 9.17) is 10.2 Å².